The lowest BCUT2D eigenvalue weighted by Gasteiger charge is -2.05. The molecule has 0 aliphatic carbocycles. The Bertz CT molecular complexity index is 1230. The molecule has 0 aliphatic heterocycles. The monoisotopic (exact) mass is 469 g/mol. The molecule has 4 aromatic rings. The zero-order valence-corrected chi connectivity index (χ0v) is 17.8. The Hall–Kier alpha value is -2.91. The lowest BCUT2D eigenvalue weighted by Crippen LogP contribution is -2.17. The van der Waals surface area contributed by atoms with Gasteiger partial charge in [0.15, 0.2) is 0 Å². The van der Waals surface area contributed by atoms with E-state index in [0.717, 1.165) is 15.6 Å². The van der Waals surface area contributed by atoms with Crippen molar-refractivity contribution in [2.45, 2.75) is 12.1 Å². The summed E-state index contributed by atoms with van der Waals surface area (Å²) in [7, 11) is 0. The Balaban J connectivity index is 1.55. The summed E-state index contributed by atoms with van der Waals surface area (Å²) in [4.78, 5) is 24.4. The Morgan fingerprint density at radius 2 is 1.90 bits per heavy atom. The van der Waals surface area contributed by atoms with Gasteiger partial charge in [0.25, 0.3) is 5.56 Å². The number of benzene rings is 2. The highest BCUT2D eigenvalue weighted by Gasteiger charge is 2.14. The molecule has 0 spiro atoms. The number of carbonyl (C=O) groups excluding carboxylic acids is 1. The highest BCUT2D eigenvalue weighted by atomic mass is 79.9. The number of rotatable bonds is 5. The summed E-state index contributed by atoms with van der Waals surface area (Å²) in [5.74, 6) is -0.0476. The van der Waals surface area contributed by atoms with Gasteiger partial charge in [-0.1, -0.05) is 57.5 Å². The van der Waals surface area contributed by atoms with E-state index in [9.17, 15) is 9.59 Å². The molecule has 0 unspecified atom stereocenters. The minimum absolute atomic E-state index is 0.129. The van der Waals surface area contributed by atoms with Crippen molar-refractivity contribution in [3.63, 3.8) is 0 Å². The normalized spacial score (nSPS) is 11.0. The average Bonchev–Trinajstić information content (AvgIpc) is 3.16. The summed E-state index contributed by atoms with van der Waals surface area (Å²) < 4.78 is 2.42. The van der Waals surface area contributed by atoms with E-state index >= 15 is 0 Å². The van der Waals surface area contributed by atoms with Gasteiger partial charge in [-0.25, -0.2) is 9.61 Å². The Kier molecular flexibility index (Phi) is 5.50. The molecule has 0 radical (unpaired) electrons. The fraction of sp³-hybridized carbons (Fsp3) is 0.100. The number of H-pyrrole nitrogens is 1. The van der Waals surface area contributed by atoms with Crippen molar-refractivity contribution in [1.29, 1.82) is 0 Å². The summed E-state index contributed by atoms with van der Waals surface area (Å²) in [5, 5.41) is 14.3. The second-order valence-corrected chi connectivity index (χ2v) is 8.23. The van der Waals surface area contributed by atoms with Gasteiger partial charge >= 0.3 is 0 Å². The molecule has 2 N–H and O–H groups in total. The van der Waals surface area contributed by atoms with Crippen LogP contribution in [-0.2, 0) is 4.79 Å². The first-order chi connectivity index (χ1) is 14.0. The molecule has 2 heterocycles. The summed E-state index contributed by atoms with van der Waals surface area (Å²) >= 11 is 4.56. The van der Waals surface area contributed by atoms with Crippen molar-refractivity contribution in [2.75, 3.05) is 11.1 Å². The maximum Gasteiger partial charge on any atom is 0.290 e. The lowest BCUT2D eigenvalue weighted by atomic mass is 10.1. The number of carbonyl (C=O) groups is 1. The van der Waals surface area contributed by atoms with Crippen molar-refractivity contribution < 1.29 is 4.79 Å². The van der Waals surface area contributed by atoms with Crippen LogP contribution >= 0.6 is 27.7 Å². The number of aryl methyl sites for hydroxylation is 1. The van der Waals surface area contributed by atoms with E-state index in [1.807, 2.05) is 55.5 Å². The van der Waals surface area contributed by atoms with Crippen LogP contribution in [0.15, 0.2) is 69.0 Å². The van der Waals surface area contributed by atoms with Crippen LogP contribution in [0.3, 0.4) is 0 Å². The van der Waals surface area contributed by atoms with Gasteiger partial charge in [0.2, 0.25) is 11.1 Å². The molecule has 2 aromatic heterocycles. The molecular weight excluding hydrogens is 454 g/mol. The van der Waals surface area contributed by atoms with Crippen LogP contribution in [0.4, 0.5) is 5.69 Å². The number of anilines is 1. The average molecular weight is 470 g/mol. The van der Waals surface area contributed by atoms with Crippen LogP contribution in [0.2, 0.25) is 0 Å². The zero-order chi connectivity index (χ0) is 20.4. The largest absolute Gasteiger partial charge is 0.325 e. The van der Waals surface area contributed by atoms with E-state index in [4.69, 9.17) is 0 Å². The molecule has 0 bridgehead atoms. The second kappa shape index (κ2) is 8.22. The fourth-order valence-corrected chi connectivity index (χ4v) is 3.68. The number of aromatic amines is 1. The first-order valence-electron chi connectivity index (χ1n) is 8.73. The third-order valence-electron chi connectivity index (χ3n) is 4.18. The molecule has 2 aromatic carbocycles. The van der Waals surface area contributed by atoms with Crippen molar-refractivity contribution >= 4 is 44.8 Å². The third-order valence-corrected chi connectivity index (χ3v) is 5.64. The molecule has 0 atom stereocenters. The lowest BCUT2D eigenvalue weighted by molar-refractivity contribution is -0.113. The van der Waals surface area contributed by atoms with Crippen molar-refractivity contribution in [3.05, 3.63) is 75.0 Å². The first-order valence-corrected chi connectivity index (χ1v) is 10.5. The van der Waals surface area contributed by atoms with E-state index < -0.39 is 0 Å². The fourth-order valence-electron chi connectivity index (χ4n) is 2.71. The molecule has 0 saturated heterocycles. The van der Waals surface area contributed by atoms with Gasteiger partial charge in [0.1, 0.15) is 5.52 Å². The number of nitrogens with one attached hydrogen (secondary N) is 2. The van der Waals surface area contributed by atoms with E-state index in [2.05, 4.69) is 36.5 Å². The van der Waals surface area contributed by atoms with Crippen LogP contribution in [0.5, 0.6) is 0 Å². The third kappa shape index (κ3) is 4.41. The number of aromatic nitrogens is 4. The minimum atomic E-state index is -0.334. The molecule has 146 valence electrons. The van der Waals surface area contributed by atoms with Gasteiger partial charge in [-0.2, -0.15) is 5.10 Å². The highest BCUT2D eigenvalue weighted by Crippen LogP contribution is 2.22. The van der Waals surface area contributed by atoms with Crippen molar-refractivity contribution in [3.8, 4) is 11.3 Å². The van der Waals surface area contributed by atoms with E-state index in [1.54, 1.807) is 6.07 Å². The summed E-state index contributed by atoms with van der Waals surface area (Å²) in [6.07, 6.45) is 0. The maximum atomic E-state index is 12.3. The quantitative estimate of drug-likeness (QED) is 0.432. The topological polar surface area (TPSA) is 92.1 Å². The molecule has 0 saturated carbocycles. The molecule has 9 heteroatoms. The molecule has 1 amide bonds. The number of amides is 1. The number of fused-ring (bicyclic) bond motifs is 1. The molecule has 0 aliphatic rings. The predicted molar refractivity (Wildman–Crippen MR) is 117 cm³/mol. The Labute approximate surface area is 178 Å². The van der Waals surface area contributed by atoms with Crippen LogP contribution in [-0.4, -0.2) is 31.5 Å². The number of halogens is 1. The number of thioether (sulfide) groups is 1. The molecule has 0 fully saturated rings. The molecule has 29 heavy (non-hydrogen) atoms. The summed E-state index contributed by atoms with van der Waals surface area (Å²) in [6, 6.07) is 16.9. The van der Waals surface area contributed by atoms with E-state index in [0.29, 0.717) is 22.1 Å². The first kappa shape index (κ1) is 19.4. The van der Waals surface area contributed by atoms with Crippen molar-refractivity contribution in [2.24, 2.45) is 0 Å². The summed E-state index contributed by atoms with van der Waals surface area (Å²) in [6.45, 7) is 2.01. The van der Waals surface area contributed by atoms with Gasteiger partial charge < -0.3 is 5.32 Å². The molecular formula is C20H16BrN5O2S. The van der Waals surface area contributed by atoms with Crippen LogP contribution < -0.4 is 10.9 Å². The SMILES string of the molecule is Cc1ccc(-c2cc3c(=O)[nH]nc(SCC(=O)Nc4ccc(Br)cc4)n3n2)cc1. The van der Waals surface area contributed by atoms with Gasteiger partial charge in [-0.3, -0.25) is 9.59 Å². The molecule has 4 rings (SSSR count). The number of nitrogens with zero attached hydrogens (tertiary/aromatic N) is 3. The summed E-state index contributed by atoms with van der Waals surface area (Å²) in [5.41, 5.74) is 3.47. The van der Waals surface area contributed by atoms with E-state index in [1.165, 1.54) is 16.3 Å². The Morgan fingerprint density at radius 3 is 2.62 bits per heavy atom. The van der Waals surface area contributed by atoms with Crippen molar-refractivity contribution in [1.82, 2.24) is 19.8 Å². The number of hydrogen-bond donors (Lipinski definition) is 2. The Morgan fingerprint density at radius 1 is 1.17 bits per heavy atom. The molecule has 7 nitrogen and oxygen atoms in total. The number of hydrogen-bond acceptors (Lipinski definition) is 5. The van der Waals surface area contributed by atoms with Crippen LogP contribution in [0.25, 0.3) is 16.8 Å². The van der Waals surface area contributed by atoms with Crippen LogP contribution in [0, 0.1) is 6.92 Å². The van der Waals surface area contributed by atoms with Gasteiger partial charge in [-0.05, 0) is 37.3 Å². The second-order valence-electron chi connectivity index (χ2n) is 6.37. The predicted octanol–water partition coefficient (Wildman–Crippen LogP) is 3.89. The standard InChI is InChI=1S/C20H16BrN5O2S/c1-12-2-4-13(5-3-12)16-10-17-19(28)23-24-20(26(17)25-16)29-11-18(27)22-15-8-6-14(21)7-9-15/h2-10H,11H2,1H3,(H,22,27)(H,23,28). The van der Waals surface area contributed by atoms with Gasteiger partial charge in [-0.15, -0.1) is 5.10 Å². The van der Waals surface area contributed by atoms with E-state index in [-0.39, 0.29) is 17.2 Å². The highest BCUT2D eigenvalue weighted by molar-refractivity contribution is 9.10. The smallest absolute Gasteiger partial charge is 0.290 e. The van der Waals surface area contributed by atoms with Gasteiger partial charge in [0, 0.05) is 15.7 Å². The van der Waals surface area contributed by atoms with Gasteiger partial charge in [0.05, 0.1) is 11.4 Å². The van der Waals surface area contributed by atoms with Crippen LogP contribution in [0.1, 0.15) is 5.56 Å². The minimum Gasteiger partial charge on any atom is -0.325 e. The zero-order valence-electron chi connectivity index (χ0n) is 15.3. The maximum absolute atomic E-state index is 12.3.